The van der Waals surface area contributed by atoms with Crippen molar-refractivity contribution in [1.29, 1.82) is 0 Å². The standard InChI is InChI=1S/C18H24N2O4/c1-4-23-11-10-20-9-8-14-15(18(20)22)6-5-7-16(14)24-12-17(21)19-13(2)3/h5-9,13H,4,10-12H2,1-3H3,(H,19,21). The topological polar surface area (TPSA) is 69.6 Å². The van der Waals surface area contributed by atoms with E-state index in [4.69, 9.17) is 9.47 Å². The molecule has 0 bridgehead atoms. The van der Waals surface area contributed by atoms with Gasteiger partial charge in [-0.25, -0.2) is 0 Å². The Labute approximate surface area is 141 Å². The summed E-state index contributed by atoms with van der Waals surface area (Å²) in [5, 5.41) is 4.03. The Balaban J connectivity index is 2.19. The zero-order valence-corrected chi connectivity index (χ0v) is 14.4. The number of hydrogen-bond donors (Lipinski definition) is 1. The van der Waals surface area contributed by atoms with Gasteiger partial charge in [0.1, 0.15) is 5.75 Å². The molecule has 2 aromatic rings. The summed E-state index contributed by atoms with van der Waals surface area (Å²) in [5.74, 6) is 0.340. The Bertz CT molecular complexity index is 752. The Morgan fingerprint density at radius 1 is 1.25 bits per heavy atom. The van der Waals surface area contributed by atoms with Gasteiger partial charge in [0.15, 0.2) is 6.61 Å². The Kier molecular flexibility index (Phi) is 6.37. The SMILES string of the molecule is CCOCCn1ccc2c(OCC(=O)NC(C)C)cccc2c1=O. The number of ether oxygens (including phenoxy) is 2. The normalized spacial score (nSPS) is 11.0. The van der Waals surface area contributed by atoms with E-state index < -0.39 is 0 Å². The minimum Gasteiger partial charge on any atom is -0.483 e. The molecule has 0 radical (unpaired) electrons. The summed E-state index contributed by atoms with van der Waals surface area (Å²) in [4.78, 5) is 24.2. The van der Waals surface area contributed by atoms with Crippen LogP contribution in [0, 0.1) is 0 Å². The minimum absolute atomic E-state index is 0.0613. The van der Waals surface area contributed by atoms with Gasteiger partial charge in [0.25, 0.3) is 11.5 Å². The van der Waals surface area contributed by atoms with Gasteiger partial charge in [-0.05, 0) is 39.0 Å². The van der Waals surface area contributed by atoms with Gasteiger partial charge in [0, 0.05) is 30.8 Å². The van der Waals surface area contributed by atoms with Crippen LogP contribution in [0.2, 0.25) is 0 Å². The molecule has 6 heteroatoms. The maximum Gasteiger partial charge on any atom is 0.258 e. The van der Waals surface area contributed by atoms with E-state index in [2.05, 4.69) is 5.32 Å². The van der Waals surface area contributed by atoms with E-state index in [1.165, 1.54) is 0 Å². The highest BCUT2D eigenvalue weighted by atomic mass is 16.5. The monoisotopic (exact) mass is 332 g/mol. The number of aromatic nitrogens is 1. The van der Waals surface area contributed by atoms with Crippen molar-refractivity contribution in [2.45, 2.75) is 33.4 Å². The third-order valence-electron chi connectivity index (χ3n) is 3.47. The molecule has 1 aromatic carbocycles. The van der Waals surface area contributed by atoms with Crippen LogP contribution in [0.1, 0.15) is 20.8 Å². The van der Waals surface area contributed by atoms with E-state index in [0.29, 0.717) is 36.3 Å². The molecule has 130 valence electrons. The highest BCUT2D eigenvalue weighted by Crippen LogP contribution is 2.23. The molecule has 0 aliphatic rings. The van der Waals surface area contributed by atoms with E-state index in [1.54, 1.807) is 29.0 Å². The Hall–Kier alpha value is -2.34. The predicted molar refractivity (Wildman–Crippen MR) is 93.5 cm³/mol. The van der Waals surface area contributed by atoms with Crippen molar-refractivity contribution in [3.8, 4) is 5.75 Å². The third kappa shape index (κ3) is 4.58. The lowest BCUT2D eigenvalue weighted by Crippen LogP contribution is -2.34. The van der Waals surface area contributed by atoms with Gasteiger partial charge in [-0.1, -0.05) is 6.07 Å². The summed E-state index contributed by atoms with van der Waals surface area (Å²) < 4.78 is 12.5. The van der Waals surface area contributed by atoms with Gasteiger partial charge < -0.3 is 19.4 Å². The molecule has 0 spiro atoms. The van der Waals surface area contributed by atoms with Crippen molar-refractivity contribution >= 4 is 16.7 Å². The first-order valence-corrected chi connectivity index (χ1v) is 8.15. The van der Waals surface area contributed by atoms with Crippen molar-refractivity contribution < 1.29 is 14.3 Å². The molecule has 1 N–H and O–H groups in total. The van der Waals surface area contributed by atoms with Gasteiger partial charge in [0.2, 0.25) is 0 Å². The second kappa shape index (κ2) is 8.49. The van der Waals surface area contributed by atoms with Gasteiger partial charge in [-0.3, -0.25) is 9.59 Å². The average Bonchev–Trinajstić information content (AvgIpc) is 2.54. The lowest BCUT2D eigenvalue weighted by atomic mass is 10.1. The van der Waals surface area contributed by atoms with Gasteiger partial charge >= 0.3 is 0 Å². The first-order chi connectivity index (χ1) is 11.5. The smallest absolute Gasteiger partial charge is 0.258 e. The fraction of sp³-hybridized carbons (Fsp3) is 0.444. The van der Waals surface area contributed by atoms with Crippen LogP contribution in [0.5, 0.6) is 5.75 Å². The molecule has 6 nitrogen and oxygen atoms in total. The van der Waals surface area contributed by atoms with Crippen LogP contribution in [0.25, 0.3) is 10.8 Å². The number of carbonyl (C=O) groups excluding carboxylic acids is 1. The van der Waals surface area contributed by atoms with E-state index in [1.807, 2.05) is 26.8 Å². The maximum atomic E-state index is 12.5. The molecule has 0 aliphatic heterocycles. The van der Waals surface area contributed by atoms with Crippen molar-refractivity contribution in [2.24, 2.45) is 0 Å². The fourth-order valence-corrected chi connectivity index (χ4v) is 2.41. The highest BCUT2D eigenvalue weighted by Gasteiger charge is 2.10. The average molecular weight is 332 g/mol. The van der Waals surface area contributed by atoms with Gasteiger partial charge in [0.05, 0.1) is 12.0 Å². The third-order valence-corrected chi connectivity index (χ3v) is 3.47. The fourth-order valence-electron chi connectivity index (χ4n) is 2.41. The zero-order chi connectivity index (χ0) is 17.5. The van der Waals surface area contributed by atoms with Crippen molar-refractivity contribution in [3.05, 3.63) is 40.8 Å². The molecule has 1 heterocycles. The zero-order valence-electron chi connectivity index (χ0n) is 14.4. The maximum absolute atomic E-state index is 12.5. The van der Waals surface area contributed by atoms with Crippen LogP contribution in [-0.4, -0.2) is 36.3 Å². The van der Waals surface area contributed by atoms with E-state index in [9.17, 15) is 9.59 Å². The number of carbonyl (C=O) groups is 1. The summed E-state index contributed by atoms with van der Waals surface area (Å²) >= 11 is 0. The van der Waals surface area contributed by atoms with Crippen molar-refractivity contribution in [1.82, 2.24) is 9.88 Å². The number of nitrogens with zero attached hydrogens (tertiary/aromatic N) is 1. The molecule has 0 aliphatic carbocycles. The van der Waals surface area contributed by atoms with Crippen LogP contribution < -0.4 is 15.6 Å². The van der Waals surface area contributed by atoms with Crippen LogP contribution in [0.15, 0.2) is 35.3 Å². The van der Waals surface area contributed by atoms with E-state index in [-0.39, 0.29) is 24.1 Å². The van der Waals surface area contributed by atoms with Gasteiger partial charge in [-0.15, -0.1) is 0 Å². The number of amides is 1. The molecule has 0 saturated carbocycles. The first kappa shape index (κ1) is 18.0. The van der Waals surface area contributed by atoms with Crippen LogP contribution in [0.4, 0.5) is 0 Å². The molecule has 1 amide bonds. The predicted octanol–water partition coefficient (Wildman–Crippen LogP) is 1.94. The number of pyridine rings is 1. The molecule has 1 aromatic heterocycles. The van der Waals surface area contributed by atoms with Crippen LogP contribution in [0.3, 0.4) is 0 Å². The van der Waals surface area contributed by atoms with Crippen molar-refractivity contribution in [2.75, 3.05) is 19.8 Å². The lowest BCUT2D eigenvalue weighted by molar-refractivity contribution is -0.123. The molecular formula is C18H24N2O4. The Morgan fingerprint density at radius 2 is 2.04 bits per heavy atom. The quantitative estimate of drug-likeness (QED) is 0.750. The number of fused-ring (bicyclic) bond motifs is 1. The van der Waals surface area contributed by atoms with Crippen LogP contribution >= 0.6 is 0 Å². The summed E-state index contributed by atoms with van der Waals surface area (Å²) in [5.41, 5.74) is -0.0933. The second-order valence-electron chi connectivity index (χ2n) is 5.74. The van der Waals surface area contributed by atoms with E-state index in [0.717, 1.165) is 0 Å². The first-order valence-electron chi connectivity index (χ1n) is 8.15. The number of hydrogen-bond acceptors (Lipinski definition) is 4. The molecule has 0 atom stereocenters. The summed E-state index contributed by atoms with van der Waals surface area (Å²) in [6.45, 7) is 7.24. The summed E-state index contributed by atoms with van der Waals surface area (Å²) in [6, 6.07) is 7.17. The largest absolute Gasteiger partial charge is 0.483 e. The second-order valence-corrected chi connectivity index (χ2v) is 5.74. The van der Waals surface area contributed by atoms with E-state index >= 15 is 0 Å². The lowest BCUT2D eigenvalue weighted by Gasteiger charge is -2.12. The number of benzene rings is 1. The molecule has 24 heavy (non-hydrogen) atoms. The number of nitrogens with one attached hydrogen (secondary N) is 1. The molecule has 2 rings (SSSR count). The highest BCUT2D eigenvalue weighted by molar-refractivity contribution is 5.88. The van der Waals surface area contributed by atoms with Crippen molar-refractivity contribution in [3.63, 3.8) is 0 Å². The Morgan fingerprint density at radius 3 is 2.75 bits per heavy atom. The van der Waals surface area contributed by atoms with Crippen LogP contribution in [-0.2, 0) is 16.1 Å². The molecule has 0 fully saturated rings. The molecule has 0 unspecified atom stereocenters. The summed E-state index contributed by atoms with van der Waals surface area (Å²) in [7, 11) is 0. The van der Waals surface area contributed by atoms with Gasteiger partial charge in [-0.2, -0.15) is 0 Å². The summed E-state index contributed by atoms with van der Waals surface area (Å²) in [6.07, 6.45) is 1.73. The number of rotatable bonds is 8. The minimum atomic E-state index is -0.188. The molecule has 0 saturated heterocycles. The molecular weight excluding hydrogens is 308 g/mol.